The second-order valence-corrected chi connectivity index (χ2v) is 7.54. The van der Waals surface area contributed by atoms with Gasteiger partial charge in [0.25, 0.3) is 11.8 Å². The van der Waals surface area contributed by atoms with E-state index in [2.05, 4.69) is 10.6 Å². The van der Waals surface area contributed by atoms with E-state index in [4.69, 9.17) is 11.5 Å². The number of para-hydroxylation sites is 2. The third-order valence-corrected chi connectivity index (χ3v) is 4.99. The Kier molecular flexibility index (Phi) is 9.90. The first-order valence-electron chi connectivity index (χ1n) is 10.8. The fraction of sp³-hybridized carbons (Fsp3) is 0.333. The maximum absolute atomic E-state index is 12.1. The Bertz CT molecular complexity index is 881. The van der Waals surface area contributed by atoms with Crippen LogP contribution in [-0.4, -0.2) is 23.6 Å². The van der Waals surface area contributed by atoms with E-state index in [1.54, 1.807) is 48.5 Å². The molecule has 2 rings (SSSR count). The Balaban J connectivity index is 1.56. The van der Waals surface area contributed by atoms with E-state index in [1.165, 1.54) is 0 Å². The summed E-state index contributed by atoms with van der Waals surface area (Å²) in [6.07, 6.45) is 5.98. The highest BCUT2D eigenvalue weighted by molar-refractivity contribution is 6.03. The number of hydrogen-bond acceptors (Lipinski definition) is 4. The van der Waals surface area contributed by atoms with Crippen LogP contribution in [0.5, 0.6) is 0 Å². The topological polar surface area (TPSA) is 144 Å². The summed E-state index contributed by atoms with van der Waals surface area (Å²) in [5, 5.41) is 5.47. The maximum atomic E-state index is 12.1. The molecule has 0 radical (unpaired) electrons. The van der Waals surface area contributed by atoms with Crippen LogP contribution in [0.3, 0.4) is 0 Å². The average Bonchev–Trinajstić information content (AvgIpc) is 2.76. The van der Waals surface area contributed by atoms with Gasteiger partial charge >= 0.3 is 0 Å². The molecular weight excluding hydrogens is 408 g/mol. The van der Waals surface area contributed by atoms with Gasteiger partial charge in [0.05, 0.1) is 22.5 Å². The van der Waals surface area contributed by atoms with Gasteiger partial charge in [-0.05, 0) is 37.1 Å². The Morgan fingerprint density at radius 1 is 0.562 bits per heavy atom. The number of nitrogens with two attached hydrogens (primary N) is 2. The molecule has 0 unspecified atom stereocenters. The van der Waals surface area contributed by atoms with Crippen LogP contribution in [0, 0.1) is 0 Å². The molecule has 0 fully saturated rings. The lowest BCUT2D eigenvalue weighted by Gasteiger charge is -2.09. The fourth-order valence-corrected chi connectivity index (χ4v) is 3.32. The minimum absolute atomic E-state index is 0.147. The number of anilines is 2. The minimum Gasteiger partial charge on any atom is -0.366 e. The molecule has 0 atom stereocenters. The van der Waals surface area contributed by atoms with Crippen molar-refractivity contribution in [1.82, 2.24) is 0 Å². The SMILES string of the molecule is NC(=O)c1ccccc1NC(=O)CCCCCCCCC(=O)Nc1ccccc1C(N)=O. The molecule has 32 heavy (non-hydrogen) atoms. The molecule has 0 spiro atoms. The molecule has 8 nitrogen and oxygen atoms in total. The Labute approximate surface area is 187 Å². The fourth-order valence-electron chi connectivity index (χ4n) is 3.32. The van der Waals surface area contributed by atoms with Gasteiger partial charge in [-0.1, -0.05) is 49.9 Å². The number of unbranched alkanes of at least 4 members (excludes halogenated alkanes) is 5. The molecule has 2 aromatic carbocycles. The summed E-state index contributed by atoms with van der Waals surface area (Å²) in [5.74, 6) is -1.45. The zero-order chi connectivity index (χ0) is 23.3. The van der Waals surface area contributed by atoms with Crippen molar-refractivity contribution in [3.8, 4) is 0 Å². The van der Waals surface area contributed by atoms with Crippen LogP contribution in [0.25, 0.3) is 0 Å². The molecule has 170 valence electrons. The lowest BCUT2D eigenvalue weighted by Crippen LogP contribution is -2.18. The average molecular weight is 439 g/mol. The van der Waals surface area contributed by atoms with Crippen LogP contribution in [0.4, 0.5) is 11.4 Å². The third kappa shape index (κ3) is 8.22. The predicted octanol–water partition coefficient (Wildman–Crippen LogP) is 3.58. The lowest BCUT2D eigenvalue weighted by molar-refractivity contribution is -0.117. The summed E-state index contributed by atoms with van der Waals surface area (Å²) in [7, 11) is 0. The van der Waals surface area contributed by atoms with Crippen LogP contribution >= 0.6 is 0 Å². The highest BCUT2D eigenvalue weighted by Gasteiger charge is 2.11. The first-order valence-corrected chi connectivity index (χ1v) is 10.8. The maximum Gasteiger partial charge on any atom is 0.250 e. The van der Waals surface area contributed by atoms with Crippen LogP contribution in [0.1, 0.15) is 72.1 Å². The Hall–Kier alpha value is -3.68. The highest BCUT2D eigenvalue weighted by atomic mass is 16.2. The van der Waals surface area contributed by atoms with Crippen molar-refractivity contribution in [1.29, 1.82) is 0 Å². The van der Waals surface area contributed by atoms with Crippen molar-refractivity contribution in [3.63, 3.8) is 0 Å². The van der Waals surface area contributed by atoms with Gasteiger partial charge < -0.3 is 22.1 Å². The summed E-state index contributed by atoms with van der Waals surface area (Å²) in [4.78, 5) is 46.9. The highest BCUT2D eigenvalue weighted by Crippen LogP contribution is 2.17. The van der Waals surface area contributed by atoms with Crippen molar-refractivity contribution < 1.29 is 19.2 Å². The molecular formula is C24H30N4O4. The molecule has 4 amide bonds. The molecule has 8 heteroatoms. The van der Waals surface area contributed by atoms with Crippen molar-refractivity contribution in [2.45, 2.75) is 51.4 Å². The second kappa shape index (κ2) is 12.9. The first-order chi connectivity index (χ1) is 15.4. The van der Waals surface area contributed by atoms with Gasteiger partial charge in [0, 0.05) is 12.8 Å². The molecule has 0 bridgehead atoms. The van der Waals surface area contributed by atoms with Gasteiger partial charge in [0.2, 0.25) is 11.8 Å². The van der Waals surface area contributed by atoms with E-state index >= 15 is 0 Å². The van der Waals surface area contributed by atoms with Crippen molar-refractivity contribution in [2.75, 3.05) is 10.6 Å². The van der Waals surface area contributed by atoms with E-state index in [0.29, 0.717) is 35.3 Å². The van der Waals surface area contributed by atoms with Crippen molar-refractivity contribution in [2.24, 2.45) is 11.5 Å². The largest absolute Gasteiger partial charge is 0.366 e. The number of primary amides is 2. The summed E-state index contributed by atoms with van der Waals surface area (Å²) in [6, 6.07) is 13.3. The normalized spacial score (nSPS) is 10.4. The zero-order valence-electron chi connectivity index (χ0n) is 18.1. The molecule has 0 saturated carbocycles. The summed E-state index contributed by atoms with van der Waals surface area (Å²) >= 11 is 0. The number of amides is 4. The van der Waals surface area contributed by atoms with Gasteiger partial charge in [-0.15, -0.1) is 0 Å². The Morgan fingerprint density at radius 3 is 1.28 bits per heavy atom. The predicted molar refractivity (Wildman–Crippen MR) is 124 cm³/mol. The number of nitrogens with one attached hydrogen (secondary N) is 2. The molecule has 0 heterocycles. The lowest BCUT2D eigenvalue weighted by atomic mass is 10.1. The molecule has 0 aromatic heterocycles. The van der Waals surface area contributed by atoms with Crippen molar-refractivity contribution >= 4 is 35.0 Å². The third-order valence-electron chi connectivity index (χ3n) is 4.99. The summed E-state index contributed by atoms with van der Waals surface area (Å²) in [5.41, 5.74) is 12.1. The molecule has 0 saturated heterocycles. The van der Waals surface area contributed by atoms with Gasteiger partial charge in [-0.25, -0.2) is 0 Å². The minimum atomic E-state index is -0.577. The number of carbonyl (C=O) groups is 4. The quantitative estimate of drug-likeness (QED) is 0.354. The molecule has 0 aliphatic heterocycles. The van der Waals surface area contributed by atoms with E-state index < -0.39 is 11.8 Å². The monoisotopic (exact) mass is 438 g/mol. The number of hydrogen-bond donors (Lipinski definition) is 4. The summed E-state index contributed by atoms with van der Waals surface area (Å²) in [6.45, 7) is 0. The molecule has 2 aromatic rings. The van der Waals surface area contributed by atoms with E-state index in [1.807, 2.05) is 0 Å². The summed E-state index contributed by atoms with van der Waals surface area (Å²) < 4.78 is 0. The zero-order valence-corrected chi connectivity index (χ0v) is 18.1. The molecule has 0 aliphatic carbocycles. The van der Waals surface area contributed by atoms with Crippen LogP contribution in [0.2, 0.25) is 0 Å². The van der Waals surface area contributed by atoms with E-state index in [9.17, 15) is 19.2 Å². The smallest absolute Gasteiger partial charge is 0.250 e. The van der Waals surface area contributed by atoms with Crippen LogP contribution in [-0.2, 0) is 9.59 Å². The standard InChI is InChI=1S/C24H30N4O4/c25-23(31)17-11-7-9-13-19(17)27-21(29)15-5-3-1-2-4-6-16-22(30)28-20-14-10-8-12-18(20)24(26)32/h7-14H,1-6,15-16H2,(H2,25,31)(H2,26,32)(H,27,29)(H,28,30). The van der Waals surface area contributed by atoms with Crippen LogP contribution in [0.15, 0.2) is 48.5 Å². The number of rotatable bonds is 13. The van der Waals surface area contributed by atoms with Gasteiger partial charge in [-0.2, -0.15) is 0 Å². The van der Waals surface area contributed by atoms with Gasteiger partial charge in [0.1, 0.15) is 0 Å². The van der Waals surface area contributed by atoms with Crippen molar-refractivity contribution in [3.05, 3.63) is 59.7 Å². The van der Waals surface area contributed by atoms with E-state index in [0.717, 1.165) is 38.5 Å². The molecule has 0 aliphatic rings. The number of carbonyl (C=O) groups excluding carboxylic acids is 4. The van der Waals surface area contributed by atoms with E-state index in [-0.39, 0.29) is 11.8 Å². The van der Waals surface area contributed by atoms with Gasteiger partial charge in [-0.3, -0.25) is 19.2 Å². The van der Waals surface area contributed by atoms with Gasteiger partial charge in [0.15, 0.2) is 0 Å². The number of benzene rings is 2. The molecule has 6 N–H and O–H groups in total. The van der Waals surface area contributed by atoms with Crippen LogP contribution < -0.4 is 22.1 Å². The Morgan fingerprint density at radius 2 is 0.906 bits per heavy atom. The first kappa shape index (κ1) is 24.6. The second-order valence-electron chi connectivity index (χ2n) is 7.54.